The molecule has 0 aromatic heterocycles. The third kappa shape index (κ3) is 9.04. The second-order valence-electron chi connectivity index (χ2n) is 10.2. The molecule has 3 aromatic rings. The highest BCUT2D eigenvalue weighted by Gasteiger charge is 2.32. The van der Waals surface area contributed by atoms with Gasteiger partial charge in [0.05, 0.1) is 6.54 Å². The molecule has 0 bridgehead atoms. The molecule has 0 saturated heterocycles. The SMILES string of the molecule is C=N/C(=N\NN)NC(=O)c1ccc(CN(C(=O)NCc2ccccc2OC(F)(F)F)c2ccc(C3CCCCC3)cc2)cc1. The number of alkyl halides is 3. The zero-order chi connectivity index (χ0) is 31.5. The third-order valence-electron chi connectivity index (χ3n) is 7.26. The van der Waals surface area contributed by atoms with Gasteiger partial charge in [0.15, 0.2) is 0 Å². The van der Waals surface area contributed by atoms with Crippen LogP contribution in [0.5, 0.6) is 5.75 Å². The Morgan fingerprint density at radius 2 is 1.66 bits per heavy atom. The van der Waals surface area contributed by atoms with Crippen LogP contribution < -0.4 is 31.6 Å². The lowest BCUT2D eigenvalue weighted by Crippen LogP contribution is -2.39. The second kappa shape index (κ2) is 15.0. The van der Waals surface area contributed by atoms with E-state index >= 15 is 0 Å². The number of aliphatic imine (C=N–C) groups is 1. The number of amides is 3. The van der Waals surface area contributed by atoms with Crippen LogP contribution in [0.15, 0.2) is 82.9 Å². The van der Waals surface area contributed by atoms with E-state index in [-0.39, 0.29) is 30.4 Å². The molecule has 44 heavy (non-hydrogen) atoms. The van der Waals surface area contributed by atoms with Gasteiger partial charge in [-0.1, -0.05) is 61.7 Å². The fourth-order valence-electron chi connectivity index (χ4n) is 5.06. The molecule has 0 atom stereocenters. The molecule has 1 fully saturated rings. The Kier molecular flexibility index (Phi) is 10.9. The summed E-state index contributed by atoms with van der Waals surface area (Å²) in [4.78, 5) is 31.1. The number of anilines is 1. The lowest BCUT2D eigenvalue weighted by atomic mass is 9.84. The summed E-state index contributed by atoms with van der Waals surface area (Å²) in [6, 6.07) is 19.5. The number of nitrogens with one attached hydrogen (secondary N) is 3. The first-order chi connectivity index (χ1) is 21.2. The molecule has 1 saturated carbocycles. The van der Waals surface area contributed by atoms with Crippen LogP contribution in [-0.4, -0.2) is 31.0 Å². The number of hydrazone groups is 1. The number of hydrogen-bond donors (Lipinski definition) is 4. The van der Waals surface area contributed by atoms with Crippen LogP contribution in [0.2, 0.25) is 0 Å². The molecule has 13 heteroatoms. The van der Waals surface area contributed by atoms with Gasteiger partial charge in [0, 0.05) is 23.4 Å². The number of ether oxygens (including phenoxy) is 1. The zero-order valence-electron chi connectivity index (χ0n) is 23.9. The Morgan fingerprint density at radius 3 is 2.30 bits per heavy atom. The standard InChI is InChI=1S/C31H34F3N7O3/c1-36-29(39-40-35)38-28(42)24-13-11-21(12-14-24)20-41(26-17-15-23(16-18-26)22-7-3-2-4-8-22)30(43)37-19-25-9-5-6-10-27(25)44-31(32,33)34/h5-6,9-18,22,40H,1-4,7-8,19-20,35H2,(H,37,43)(H,38,39,42). The smallest absolute Gasteiger partial charge is 0.405 e. The molecule has 232 valence electrons. The van der Waals surface area contributed by atoms with Crippen LogP contribution in [0.1, 0.15) is 65.1 Å². The fourth-order valence-corrected chi connectivity index (χ4v) is 5.06. The predicted molar refractivity (Wildman–Crippen MR) is 162 cm³/mol. The maximum absolute atomic E-state index is 13.5. The lowest BCUT2D eigenvalue weighted by molar-refractivity contribution is -0.274. The van der Waals surface area contributed by atoms with E-state index in [4.69, 9.17) is 5.84 Å². The maximum atomic E-state index is 13.5. The van der Waals surface area contributed by atoms with E-state index < -0.39 is 18.3 Å². The molecule has 0 radical (unpaired) electrons. The van der Waals surface area contributed by atoms with E-state index in [0.717, 1.165) is 12.8 Å². The normalized spacial score (nSPS) is 14.0. The van der Waals surface area contributed by atoms with Crippen LogP contribution in [0.3, 0.4) is 0 Å². The number of para-hydroxylation sites is 1. The van der Waals surface area contributed by atoms with Crippen molar-refractivity contribution in [1.29, 1.82) is 0 Å². The minimum Gasteiger partial charge on any atom is -0.405 e. The molecule has 10 nitrogen and oxygen atoms in total. The minimum atomic E-state index is -4.87. The van der Waals surface area contributed by atoms with Crippen LogP contribution in [0, 0.1) is 0 Å². The number of nitrogens with zero attached hydrogens (tertiary/aromatic N) is 3. The third-order valence-corrected chi connectivity index (χ3v) is 7.26. The Labute approximate surface area is 253 Å². The van der Waals surface area contributed by atoms with E-state index in [0.29, 0.717) is 22.7 Å². The molecular formula is C31H34F3N7O3. The number of carbonyl (C=O) groups excluding carboxylic acids is 2. The first kappa shape index (κ1) is 32.0. The monoisotopic (exact) mass is 609 g/mol. The van der Waals surface area contributed by atoms with Crippen LogP contribution >= 0.6 is 0 Å². The van der Waals surface area contributed by atoms with Crippen molar-refractivity contribution in [2.24, 2.45) is 15.9 Å². The van der Waals surface area contributed by atoms with Crippen molar-refractivity contribution in [2.75, 3.05) is 4.90 Å². The Hall–Kier alpha value is -4.91. The highest BCUT2D eigenvalue weighted by Crippen LogP contribution is 2.34. The molecule has 0 aliphatic heterocycles. The highest BCUT2D eigenvalue weighted by molar-refractivity contribution is 6.06. The van der Waals surface area contributed by atoms with Gasteiger partial charge in [-0.25, -0.2) is 21.2 Å². The van der Waals surface area contributed by atoms with Crippen molar-refractivity contribution in [2.45, 2.75) is 57.5 Å². The summed E-state index contributed by atoms with van der Waals surface area (Å²) in [6.45, 7) is 3.24. The van der Waals surface area contributed by atoms with Crippen LogP contribution in [-0.2, 0) is 13.1 Å². The Morgan fingerprint density at radius 1 is 0.977 bits per heavy atom. The molecular weight excluding hydrogens is 575 g/mol. The number of guanidine groups is 1. The number of rotatable bonds is 9. The van der Waals surface area contributed by atoms with Gasteiger partial charge in [0.25, 0.3) is 5.91 Å². The summed E-state index contributed by atoms with van der Waals surface area (Å²) in [7, 11) is 0. The van der Waals surface area contributed by atoms with E-state index in [1.165, 1.54) is 47.9 Å². The first-order valence-corrected chi connectivity index (χ1v) is 14.1. The number of hydrazine groups is 1. The van der Waals surface area contributed by atoms with Crippen molar-refractivity contribution in [1.82, 2.24) is 16.2 Å². The molecule has 0 unspecified atom stereocenters. The average Bonchev–Trinajstić information content (AvgIpc) is 3.03. The van der Waals surface area contributed by atoms with Gasteiger partial charge < -0.3 is 10.1 Å². The van der Waals surface area contributed by atoms with Gasteiger partial charge in [0.2, 0.25) is 5.96 Å². The summed E-state index contributed by atoms with van der Waals surface area (Å²) in [6.07, 6.45) is 1.01. The van der Waals surface area contributed by atoms with Crippen LogP contribution in [0.25, 0.3) is 0 Å². The molecule has 4 rings (SSSR count). The lowest BCUT2D eigenvalue weighted by Gasteiger charge is -2.26. The number of nitrogens with two attached hydrogens (primary N) is 1. The van der Waals surface area contributed by atoms with Gasteiger partial charge in [-0.3, -0.25) is 15.0 Å². The van der Waals surface area contributed by atoms with E-state index in [1.54, 1.807) is 30.3 Å². The number of benzene rings is 3. The predicted octanol–water partition coefficient (Wildman–Crippen LogP) is 5.71. The first-order valence-electron chi connectivity index (χ1n) is 14.1. The van der Waals surface area contributed by atoms with Gasteiger partial charge in [-0.15, -0.1) is 18.3 Å². The van der Waals surface area contributed by atoms with E-state index in [1.807, 2.05) is 29.8 Å². The fraction of sp³-hybridized carbons (Fsp3) is 0.290. The summed E-state index contributed by atoms with van der Waals surface area (Å²) in [5.41, 5.74) is 5.02. The average molecular weight is 610 g/mol. The minimum absolute atomic E-state index is 0.108. The Bertz CT molecular complexity index is 1460. The molecule has 3 aromatic carbocycles. The number of urea groups is 1. The number of halogens is 3. The summed E-state index contributed by atoms with van der Waals surface area (Å²) in [5.74, 6) is 4.61. The topological polar surface area (TPSA) is 133 Å². The quantitative estimate of drug-likeness (QED) is 0.107. The van der Waals surface area contributed by atoms with Crippen molar-refractivity contribution in [3.8, 4) is 5.75 Å². The van der Waals surface area contributed by atoms with E-state index in [2.05, 4.69) is 32.2 Å². The molecule has 1 aliphatic rings. The molecule has 3 amide bonds. The summed E-state index contributed by atoms with van der Waals surface area (Å²) < 4.78 is 42.9. The molecule has 0 spiro atoms. The molecule has 0 heterocycles. The number of carbonyl (C=O) groups is 2. The van der Waals surface area contributed by atoms with Gasteiger partial charge in [-0.2, -0.15) is 0 Å². The van der Waals surface area contributed by atoms with Crippen molar-refractivity contribution in [3.63, 3.8) is 0 Å². The molecule has 1 aliphatic carbocycles. The Balaban J connectivity index is 1.53. The summed E-state index contributed by atoms with van der Waals surface area (Å²) in [5, 5.41) is 8.76. The van der Waals surface area contributed by atoms with Gasteiger partial charge in [-0.05, 0) is 66.9 Å². The summed E-state index contributed by atoms with van der Waals surface area (Å²) >= 11 is 0. The number of hydrogen-bond acceptors (Lipinski definition) is 6. The second-order valence-corrected chi connectivity index (χ2v) is 10.2. The van der Waals surface area contributed by atoms with Gasteiger partial charge >= 0.3 is 12.4 Å². The van der Waals surface area contributed by atoms with Crippen LogP contribution in [0.4, 0.5) is 23.7 Å². The molecule has 5 N–H and O–H groups in total. The van der Waals surface area contributed by atoms with Crippen molar-refractivity contribution in [3.05, 3.63) is 95.1 Å². The highest BCUT2D eigenvalue weighted by atomic mass is 19.4. The maximum Gasteiger partial charge on any atom is 0.573 e. The van der Waals surface area contributed by atoms with E-state index in [9.17, 15) is 22.8 Å². The van der Waals surface area contributed by atoms with Crippen molar-refractivity contribution < 1.29 is 27.5 Å². The largest absolute Gasteiger partial charge is 0.573 e. The zero-order valence-corrected chi connectivity index (χ0v) is 23.9. The van der Waals surface area contributed by atoms with Gasteiger partial charge in [0.1, 0.15) is 5.75 Å². The van der Waals surface area contributed by atoms with Crippen molar-refractivity contribution >= 4 is 30.3 Å².